The molecular weight excluding hydrogens is 214 g/mol. The molecule has 1 rings (SSSR count). The van der Waals surface area contributed by atoms with E-state index in [1.54, 1.807) is 24.3 Å². The van der Waals surface area contributed by atoms with Crippen LogP contribution < -0.4 is 0 Å². The number of rotatable bonds is 1. The minimum atomic E-state index is -1.68. The van der Waals surface area contributed by atoms with Crippen molar-refractivity contribution in [2.75, 3.05) is 0 Å². The Morgan fingerprint density at radius 2 is 1.91 bits per heavy atom. The molecule has 11 heavy (non-hydrogen) atoms. The van der Waals surface area contributed by atoms with E-state index in [1.807, 2.05) is 0 Å². The Balaban J connectivity index is 3.04. The van der Waals surface area contributed by atoms with Gasteiger partial charge in [0, 0.05) is 10.5 Å². The Morgan fingerprint density at radius 3 is 2.45 bits per heavy atom. The molecule has 0 amide bonds. The zero-order valence-corrected chi connectivity index (χ0v) is 7.11. The topological polar surface area (TPSA) is 0 Å². The molecule has 0 aliphatic heterocycles. The Bertz CT molecular complexity index is 277. The highest BCUT2D eigenvalue weighted by atomic mass is 79.9. The summed E-state index contributed by atoms with van der Waals surface area (Å²) >= 11 is 3.15. The lowest BCUT2D eigenvalue weighted by molar-refractivity contribution is 0.429. The molecule has 1 aromatic carbocycles. The summed E-state index contributed by atoms with van der Waals surface area (Å²) in [5.74, 6) is 0. The fourth-order valence-electron chi connectivity index (χ4n) is 0.710. The van der Waals surface area contributed by atoms with Gasteiger partial charge in [0.2, 0.25) is 0 Å². The van der Waals surface area contributed by atoms with Crippen LogP contribution in [-0.4, -0.2) is 0 Å². The molecule has 0 aromatic heterocycles. The number of benzene rings is 1. The monoisotopic (exact) mass is 218 g/mol. The van der Waals surface area contributed by atoms with E-state index >= 15 is 0 Å². The number of hydrogen-bond donors (Lipinski definition) is 0. The van der Waals surface area contributed by atoms with Crippen molar-refractivity contribution >= 4 is 22.0 Å². The van der Waals surface area contributed by atoms with Gasteiger partial charge in [0.15, 0.2) is 0 Å². The van der Waals surface area contributed by atoms with Crippen molar-refractivity contribution < 1.29 is 8.78 Å². The van der Waals surface area contributed by atoms with Crippen molar-refractivity contribution in [3.05, 3.63) is 40.4 Å². The molecule has 0 saturated heterocycles. The fourth-order valence-corrected chi connectivity index (χ4v) is 1.11. The molecule has 0 aliphatic rings. The minimum absolute atomic E-state index is 0.493. The van der Waals surface area contributed by atoms with Gasteiger partial charge in [-0.05, 0) is 11.6 Å². The molecule has 0 atom stereocenters. The van der Waals surface area contributed by atoms with Gasteiger partial charge in [-0.25, -0.2) is 0 Å². The van der Waals surface area contributed by atoms with Crippen molar-refractivity contribution in [2.24, 2.45) is 0 Å². The van der Waals surface area contributed by atoms with E-state index in [2.05, 4.69) is 15.9 Å². The third-order valence-corrected chi connectivity index (χ3v) is 1.89. The molecule has 0 nitrogen and oxygen atoms in total. The van der Waals surface area contributed by atoms with Crippen LogP contribution >= 0.6 is 15.9 Å². The molecule has 58 valence electrons. The van der Waals surface area contributed by atoms with Crippen LogP contribution in [0.15, 0.2) is 34.8 Å². The number of hydrogen-bond acceptors (Lipinski definition) is 0. The van der Waals surface area contributed by atoms with E-state index in [-0.39, 0.29) is 0 Å². The number of halogens is 3. The van der Waals surface area contributed by atoms with Crippen LogP contribution in [0.1, 0.15) is 5.56 Å². The first-order valence-electron chi connectivity index (χ1n) is 2.97. The average Bonchev–Trinajstić information content (AvgIpc) is 1.93. The molecule has 0 fully saturated rings. The van der Waals surface area contributed by atoms with Gasteiger partial charge in [0.25, 0.3) is 6.08 Å². The van der Waals surface area contributed by atoms with Gasteiger partial charge >= 0.3 is 0 Å². The quantitative estimate of drug-likeness (QED) is 0.675. The van der Waals surface area contributed by atoms with Gasteiger partial charge in [-0.15, -0.1) is 0 Å². The van der Waals surface area contributed by atoms with E-state index in [4.69, 9.17) is 0 Å². The summed E-state index contributed by atoms with van der Waals surface area (Å²) < 4.78 is 24.2. The molecule has 3 heteroatoms. The van der Waals surface area contributed by atoms with Crippen molar-refractivity contribution in [3.63, 3.8) is 0 Å². The Hall–Kier alpha value is -0.700. The van der Waals surface area contributed by atoms with Crippen LogP contribution in [0.5, 0.6) is 0 Å². The average molecular weight is 219 g/mol. The van der Waals surface area contributed by atoms with Gasteiger partial charge < -0.3 is 0 Å². The standard InChI is InChI=1S/C8H5BrF2/c9-7-4-2-1-3-6(7)5-8(10)11/h1-5H. The van der Waals surface area contributed by atoms with Crippen LogP contribution in [0.25, 0.3) is 6.08 Å². The Labute approximate surface area is 71.7 Å². The maximum Gasteiger partial charge on any atom is 0.270 e. The molecule has 0 N–H and O–H groups in total. The van der Waals surface area contributed by atoms with E-state index in [0.717, 1.165) is 6.08 Å². The summed E-state index contributed by atoms with van der Waals surface area (Å²) in [6, 6.07) is 6.81. The minimum Gasteiger partial charge on any atom is -0.173 e. The van der Waals surface area contributed by atoms with Crippen molar-refractivity contribution in [3.8, 4) is 0 Å². The smallest absolute Gasteiger partial charge is 0.173 e. The largest absolute Gasteiger partial charge is 0.270 e. The maximum absolute atomic E-state index is 11.7. The summed E-state index contributed by atoms with van der Waals surface area (Å²) in [6.45, 7) is 0. The van der Waals surface area contributed by atoms with Crippen LogP contribution in [0.4, 0.5) is 8.78 Å². The molecule has 0 unspecified atom stereocenters. The predicted molar refractivity (Wildman–Crippen MR) is 44.3 cm³/mol. The molecule has 1 aromatic rings. The van der Waals surface area contributed by atoms with E-state index in [0.29, 0.717) is 10.0 Å². The van der Waals surface area contributed by atoms with Crippen molar-refractivity contribution in [1.29, 1.82) is 0 Å². The predicted octanol–water partition coefficient (Wildman–Crippen LogP) is 3.69. The second-order valence-corrected chi connectivity index (χ2v) is 2.81. The third kappa shape index (κ3) is 2.42. The highest BCUT2D eigenvalue weighted by Gasteiger charge is 1.95. The lowest BCUT2D eigenvalue weighted by Gasteiger charge is -1.94. The van der Waals surface area contributed by atoms with E-state index < -0.39 is 6.08 Å². The zero-order valence-electron chi connectivity index (χ0n) is 5.52. The van der Waals surface area contributed by atoms with Gasteiger partial charge in [0.1, 0.15) is 0 Å². The Morgan fingerprint density at radius 1 is 1.27 bits per heavy atom. The van der Waals surface area contributed by atoms with Gasteiger partial charge in [-0.3, -0.25) is 0 Å². The second-order valence-electron chi connectivity index (χ2n) is 1.96. The molecule has 0 spiro atoms. The maximum atomic E-state index is 11.7. The molecule has 0 aliphatic carbocycles. The van der Waals surface area contributed by atoms with Crippen LogP contribution in [0.2, 0.25) is 0 Å². The van der Waals surface area contributed by atoms with Crippen LogP contribution in [0.3, 0.4) is 0 Å². The van der Waals surface area contributed by atoms with Gasteiger partial charge in [0.05, 0.1) is 0 Å². The fraction of sp³-hybridized carbons (Fsp3) is 0. The normalized spacial score (nSPS) is 9.36. The SMILES string of the molecule is FC(F)=Cc1ccccc1Br. The highest BCUT2D eigenvalue weighted by Crippen LogP contribution is 2.19. The Kier molecular flexibility index (Phi) is 2.76. The first-order valence-corrected chi connectivity index (χ1v) is 3.76. The first-order chi connectivity index (χ1) is 5.20. The lowest BCUT2D eigenvalue weighted by Crippen LogP contribution is -1.73. The first kappa shape index (κ1) is 8.40. The molecular formula is C8H5BrF2. The summed E-state index contributed by atoms with van der Waals surface area (Å²) in [5.41, 5.74) is 0.493. The molecule has 0 saturated carbocycles. The summed E-state index contributed by atoms with van der Waals surface area (Å²) in [4.78, 5) is 0. The van der Waals surface area contributed by atoms with Crippen molar-refractivity contribution in [2.45, 2.75) is 0 Å². The van der Waals surface area contributed by atoms with Crippen molar-refractivity contribution in [1.82, 2.24) is 0 Å². The van der Waals surface area contributed by atoms with E-state index in [9.17, 15) is 8.78 Å². The van der Waals surface area contributed by atoms with Gasteiger partial charge in [-0.2, -0.15) is 8.78 Å². The zero-order chi connectivity index (χ0) is 8.27. The van der Waals surface area contributed by atoms with Gasteiger partial charge in [-0.1, -0.05) is 34.1 Å². The molecule has 0 heterocycles. The highest BCUT2D eigenvalue weighted by molar-refractivity contribution is 9.10. The summed E-state index contributed by atoms with van der Waals surface area (Å²) in [7, 11) is 0. The lowest BCUT2D eigenvalue weighted by atomic mass is 10.2. The summed E-state index contributed by atoms with van der Waals surface area (Å²) in [6.07, 6.45) is -0.860. The summed E-state index contributed by atoms with van der Waals surface area (Å²) in [5, 5.41) is 0. The van der Waals surface area contributed by atoms with Crippen LogP contribution in [-0.2, 0) is 0 Å². The second kappa shape index (κ2) is 3.62. The molecule has 0 radical (unpaired) electrons. The van der Waals surface area contributed by atoms with Crippen LogP contribution in [0, 0.1) is 0 Å². The molecule has 0 bridgehead atoms. The van der Waals surface area contributed by atoms with E-state index in [1.165, 1.54) is 0 Å². The third-order valence-electron chi connectivity index (χ3n) is 1.17.